The molecule has 0 aromatic carbocycles. The van der Waals surface area contributed by atoms with Crippen molar-refractivity contribution in [3.63, 3.8) is 0 Å². The molecule has 0 saturated heterocycles. The zero-order valence-corrected chi connectivity index (χ0v) is 10.9. The lowest BCUT2D eigenvalue weighted by molar-refractivity contribution is 0.192. The number of hydrogen-bond acceptors (Lipinski definition) is 3. The maximum atomic E-state index is 5.92. The van der Waals surface area contributed by atoms with Crippen LogP contribution in [0.2, 0.25) is 0 Å². The highest BCUT2D eigenvalue weighted by molar-refractivity contribution is 5.12. The Morgan fingerprint density at radius 2 is 2.35 bits per heavy atom. The molecule has 1 N–H and O–H groups in total. The van der Waals surface area contributed by atoms with Crippen LogP contribution in [0.5, 0.6) is 5.75 Å². The topological polar surface area (TPSA) is 39.1 Å². The van der Waals surface area contributed by atoms with E-state index in [1.165, 1.54) is 12.8 Å². The summed E-state index contributed by atoms with van der Waals surface area (Å²) in [5.74, 6) is 0.892. The normalized spacial score (nSPS) is 17.1. The second-order valence-electron chi connectivity index (χ2n) is 4.77. The first-order valence-corrected chi connectivity index (χ1v) is 6.74. The van der Waals surface area contributed by atoms with Crippen molar-refractivity contribution >= 4 is 0 Å². The molecule has 17 heavy (non-hydrogen) atoms. The fraction of sp³-hybridized carbons (Fsp3) is 0.769. The summed E-state index contributed by atoms with van der Waals surface area (Å²) < 4.78 is 7.86. The molecule has 1 unspecified atom stereocenters. The molecule has 0 bridgehead atoms. The van der Waals surface area contributed by atoms with Crippen LogP contribution >= 0.6 is 0 Å². The second-order valence-corrected chi connectivity index (χ2v) is 4.77. The van der Waals surface area contributed by atoms with Crippen LogP contribution in [0.4, 0.5) is 0 Å². The Morgan fingerprint density at radius 1 is 1.53 bits per heavy atom. The summed E-state index contributed by atoms with van der Waals surface area (Å²) in [7, 11) is 0. The van der Waals surface area contributed by atoms with Crippen molar-refractivity contribution in [3.8, 4) is 5.75 Å². The predicted octanol–water partition coefficient (Wildman–Crippen LogP) is 2.20. The molecule has 2 rings (SSSR count). The summed E-state index contributed by atoms with van der Waals surface area (Å²) in [5, 5.41) is 7.78. The number of nitrogens with one attached hydrogen (secondary N) is 1. The van der Waals surface area contributed by atoms with Crippen molar-refractivity contribution in [1.29, 1.82) is 0 Å². The van der Waals surface area contributed by atoms with E-state index in [0.29, 0.717) is 0 Å². The standard InChI is InChI=1S/C13H23N3O/c1-3-7-16-10-13(9-15-16)17-12(4-2)8-14-11-5-6-11/h9-12,14H,3-8H2,1-2H3. The van der Waals surface area contributed by atoms with Crippen molar-refractivity contribution in [2.45, 2.75) is 58.2 Å². The van der Waals surface area contributed by atoms with E-state index in [1.807, 2.05) is 17.1 Å². The van der Waals surface area contributed by atoms with Crippen molar-refractivity contribution in [1.82, 2.24) is 15.1 Å². The van der Waals surface area contributed by atoms with Gasteiger partial charge in [0.15, 0.2) is 5.75 Å². The van der Waals surface area contributed by atoms with Gasteiger partial charge >= 0.3 is 0 Å². The van der Waals surface area contributed by atoms with Gasteiger partial charge in [0, 0.05) is 19.1 Å². The van der Waals surface area contributed by atoms with Crippen LogP contribution in [-0.2, 0) is 6.54 Å². The van der Waals surface area contributed by atoms with E-state index < -0.39 is 0 Å². The van der Waals surface area contributed by atoms with Crippen molar-refractivity contribution in [2.75, 3.05) is 6.54 Å². The molecule has 0 amide bonds. The van der Waals surface area contributed by atoms with Crippen LogP contribution in [0.15, 0.2) is 12.4 Å². The van der Waals surface area contributed by atoms with Crippen LogP contribution in [0.1, 0.15) is 39.5 Å². The summed E-state index contributed by atoms with van der Waals surface area (Å²) in [6.07, 6.45) is 8.84. The monoisotopic (exact) mass is 237 g/mol. The number of hydrogen-bond donors (Lipinski definition) is 1. The van der Waals surface area contributed by atoms with Crippen molar-refractivity contribution in [2.24, 2.45) is 0 Å². The largest absolute Gasteiger partial charge is 0.486 e. The third kappa shape index (κ3) is 4.04. The molecule has 1 saturated carbocycles. The molecule has 1 atom stereocenters. The summed E-state index contributed by atoms with van der Waals surface area (Å²) in [5.41, 5.74) is 0. The van der Waals surface area contributed by atoms with Gasteiger partial charge in [-0.05, 0) is 25.7 Å². The third-order valence-corrected chi connectivity index (χ3v) is 3.03. The molecule has 4 heteroatoms. The Labute approximate surface area is 103 Å². The van der Waals surface area contributed by atoms with E-state index in [4.69, 9.17) is 4.74 Å². The van der Waals surface area contributed by atoms with E-state index in [1.54, 1.807) is 0 Å². The molecule has 1 aliphatic rings. The second kappa shape index (κ2) is 6.05. The zero-order chi connectivity index (χ0) is 12.1. The van der Waals surface area contributed by atoms with Crippen LogP contribution in [0.3, 0.4) is 0 Å². The lowest BCUT2D eigenvalue weighted by atomic mass is 10.2. The summed E-state index contributed by atoms with van der Waals surface area (Å²) in [6.45, 7) is 6.22. The van der Waals surface area contributed by atoms with Crippen LogP contribution < -0.4 is 10.1 Å². The highest BCUT2D eigenvalue weighted by Gasteiger charge is 2.22. The van der Waals surface area contributed by atoms with Crippen molar-refractivity contribution < 1.29 is 4.74 Å². The first-order valence-electron chi connectivity index (χ1n) is 6.74. The number of aromatic nitrogens is 2. The minimum atomic E-state index is 0.259. The van der Waals surface area contributed by atoms with Gasteiger partial charge in [0.1, 0.15) is 6.10 Å². The summed E-state index contributed by atoms with van der Waals surface area (Å²) in [4.78, 5) is 0. The van der Waals surface area contributed by atoms with Gasteiger partial charge in [-0.2, -0.15) is 5.10 Å². The Balaban J connectivity index is 1.78. The Kier molecular flexibility index (Phi) is 4.42. The molecule has 1 aromatic rings. The molecule has 96 valence electrons. The lowest BCUT2D eigenvalue weighted by Crippen LogP contribution is -2.32. The van der Waals surface area contributed by atoms with Gasteiger partial charge in [-0.3, -0.25) is 4.68 Å². The molecule has 0 spiro atoms. The SMILES string of the molecule is CCCn1cc(OC(CC)CNC2CC2)cn1. The first kappa shape index (κ1) is 12.4. The predicted molar refractivity (Wildman–Crippen MR) is 68.2 cm³/mol. The molecular formula is C13H23N3O. The van der Waals surface area contributed by atoms with E-state index in [2.05, 4.69) is 24.3 Å². The smallest absolute Gasteiger partial charge is 0.157 e. The Bertz CT molecular complexity index is 333. The minimum absolute atomic E-state index is 0.259. The molecule has 1 aliphatic carbocycles. The molecule has 4 nitrogen and oxygen atoms in total. The van der Waals surface area contributed by atoms with E-state index in [9.17, 15) is 0 Å². The van der Waals surface area contributed by atoms with E-state index in [-0.39, 0.29) is 6.10 Å². The minimum Gasteiger partial charge on any atom is -0.486 e. The molecule has 1 aromatic heterocycles. The van der Waals surface area contributed by atoms with Gasteiger partial charge in [0.2, 0.25) is 0 Å². The number of nitrogens with zero attached hydrogens (tertiary/aromatic N) is 2. The Hall–Kier alpha value is -1.03. The van der Waals surface area contributed by atoms with Gasteiger partial charge in [-0.25, -0.2) is 0 Å². The van der Waals surface area contributed by atoms with E-state index in [0.717, 1.165) is 37.7 Å². The fourth-order valence-electron chi connectivity index (χ4n) is 1.80. The van der Waals surface area contributed by atoms with Gasteiger partial charge < -0.3 is 10.1 Å². The van der Waals surface area contributed by atoms with E-state index >= 15 is 0 Å². The average Bonchev–Trinajstić information content (AvgIpc) is 3.06. The summed E-state index contributed by atoms with van der Waals surface area (Å²) in [6, 6.07) is 0.746. The average molecular weight is 237 g/mol. The van der Waals surface area contributed by atoms with Gasteiger partial charge in [0.05, 0.1) is 12.4 Å². The fourth-order valence-corrected chi connectivity index (χ4v) is 1.80. The van der Waals surface area contributed by atoms with Crippen LogP contribution in [-0.4, -0.2) is 28.5 Å². The first-order chi connectivity index (χ1) is 8.31. The molecule has 1 fully saturated rings. The Morgan fingerprint density at radius 3 is 3.00 bits per heavy atom. The highest BCUT2D eigenvalue weighted by atomic mass is 16.5. The number of rotatable bonds is 8. The summed E-state index contributed by atoms with van der Waals surface area (Å²) >= 11 is 0. The third-order valence-electron chi connectivity index (χ3n) is 3.03. The van der Waals surface area contributed by atoms with Gasteiger partial charge in [-0.15, -0.1) is 0 Å². The quantitative estimate of drug-likeness (QED) is 0.753. The zero-order valence-electron chi connectivity index (χ0n) is 10.9. The number of ether oxygens (including phenoxy) is 1. The van der Waals surface area contributed by atoms with Crippen LogP contribution in [0.25, 0.3) is 0 Å². The van der Waals surface area contributed by atoms with Crippen LogP contribution in [0, 0.1) is 0 Å². The van der Waals surface area contributed by atoms with Gasteiger partial charge in [0.25, 0.3) is 0 Å². The maximum Gasteiger partial charge on any atom is 0.157 e. The lowest BCUT2D eigenvalue weighted by Gasteiger charge is -2.16. The molecule has 0 aliphatic heterocycles. The molecule has 0 radical (unpaired) electrons. The molecular weight excluding hydrogens is 214 g/mol. The number of aryl methyl sites for hydroxylation is 1. The highest BCUT2D eigenvalue weighted by Crippen LogP contribution is 2.19. The van der Waals surface area contributed by atoms with Gasteiger partial charge in [-0.1, -0.05) is 13.8 Å². The molecule has 1 heterocycles. The van der Waals surface area contributed by atoms with Crippen molar-refractivity contribution in [3.05, 3.63) is 12.4 Å². The maximum absolute atomic E-state index is 5.92.